The summed E-state index contributed by atoms with van der Waals surface area (Å²) in [5, 5.41) is 7.16. The molecule has 0 bridgehead atoms. The van der Waals surface area contributed by atoms with Crippen LogP contribution < -0.4 is 10.2 Å². The molecule has 3 heterocycles. The van der Waals surface area contributed by atoms with Gasteiger partial charge in [-0.3, -0.25) is 9.48 Å². The molecule has 7 heteroatoms. The van der Waals surface area contributed by atoms with Crippen LogP contribution in [-0.2, 0) is 13.6 Å². The molecule has 0 spiro atoms. The second-order valence-corrected chi connectivity index (χ2v) is 5.98. The molecule has 0 aliphatic carbocycles. The van der Waals surface area contributed by atoms with Crippen LogP contribution in [0.3, 0.4) is 0 Å². The molecular weight excluding hydrogens is 328 g/mol. The number of pyridine rings is 1. The third-order valence-electron chi connectivity index (χ3n) is 4.35. The molecule has 1 N–H and O–H groups in total. The number of aromatic nitrogens is 4. The normalized spacial score (nSPS) is 10.7. The van der Waals surface area contributed by atoms with E-state index in [0.717, 1.165) is 30.3 Å². The monoisotopic (exact) mass is 352 g/mol. The van der Waals surface area contributed by atoms with Crippen LogP contribution in [-0.4, -0.2) is 38.3 Å². The lowest BCUT2D eigenvalue weighted by Gasteiger charge is -2.19. The second-order valence-electron chi connectivity index (χ2n) is 5.98. The van der Waals surface area contributed by atoms with E-state index in [2.05, 4.69) is 34.1 Å². The maximum Gasteiger partial charge on any atom is 0.256 e. The van der Waals surface area contributed by atoms with Crippen LogP contribution in [0, 0.1) is 0 Å². The number of carbonyl (C=O) groups is 1. The molecule has 136 valence electrons. The van der Waals surface area contributed by atoms with E-state index < -0.39 is 0 Å². The van der Waals surface area contributed by atoms with Crippen molar-refractivity contribution < 1.29 is 4.79 Å². The standard InChI is InChI=1S/C19H24N6O/c1-4-24(5-2)17-9-8-15(12-20-17)13-21-18(26)16-14-22-23(3)19(16)25-10-6-7-11-25/h6-12,14H,4-5,13H2,1-3H3,(H,21,26). The van der Waals surface area contributed by atoms with Crippen LogP contribution in [0.2, 0.25) is 0 Å². The van der Waals surface area contributed by atoms with Gasteiger partial charge in [-0.15, -0.1) is 0 Å². The highest BCUT2D eigenvalue weighted by molar-refractivity contribution is 5.97. The van der Waals surface area contributed by atoms with Crippen molar-refractivity contribution in [2.75, 3.05) is 18.0 Å². The Bertz CT molecular complexity index is 847. The predicted molar refractivity (Wildman–Crippen MR) is 102 cm³/mol. The quantitative estimate of drug-likeness (QED) is 0.709. The van der Waals surface area contributed by atoms with E-state index in [9.17, 15) is 4.79 Å². The summed E-state index contributed by atoms with van der Waals surface area (Å²) < 4.78 is 3.57. The Morgan fingerprint density at radius 2 is 1.88 bits per heavy atom. The maximum absolute atomic E-state index is 12.6. The van der Waals surface area contributed by atoms with Crippen molar-refractivity contribution in [1.29, 1.82) is 0 Å². The van der Waals surface area contributed by atoms with Gasteiger partial charge < -0.3 is 14.8 Å². The molecule has 0 saturated carbocycles. The summed E-state index contributed by atoms with van der Waals surface area (Å²) in [6.07, 6.45) is 7.18. The van der Waals surface area contributed by atoms with Crippen LogP contribution in [0.25, 0.3) is 5.82 Å². The van der Waals surface area contributed by atoms with Crippen LogP contribution in [0.1, 0.15) is 29.8 Å². The zero-order chi connectivity index (χ0) is 18.5. The molecule has 3 aromatic rings. The summed E-state index contributed by atoms with van der Waals surface area (Å²) in [5.74, 6) is 1.53. The van der Waals surface area contributed by atoms with E-state index in [1.54, 1.807) is 10.9 Å². The molecule has 3 aromatic heterocycles. The predicted octanol–water partition coefficient (Wildman–Crippen LogP) is 2.38. The van der Waals surface area contributed by atoms with Crippen LogP contribution in [0.5, 0.6) is 0 Å². The largest absolute Gasteiger partial charge is 0.357 e. The number of hydrogen-bond acceptors (Lipinski definition) is 4. The Morgan fingerprint density at radius 1 is 1.15 bits per heavy atom. The van der Waals surface area contributed by atoms with Crippen LogP contribution in [0.4, 0.5) is 5.82 Å². The molecule has 3 rings (SSSR count). The van der Waals surface area contributed by atoms with Gasteiger partial charge in [0.05, 0.1) is 6.20 Å². The lowest BCUT2D eigenvalue weighted by Crippen LogP contribution is -2.25. The lowest BCUT2D eigenvalue weighted by atomic mass is 10.2. The minimum atomic E-state index is -0.158. The molecule has 0 unspecified atom stereocenters. The number of carbonyl (C=O) groups excluding carboxylic acids is 1. The van der Waals surface area contributed by atoms with E-state index in [1.807, 2.05) is 54.5 Å². The van der Waals surface area contributed by atoms with Crippen molar-refractivity contribution >= 4 is 11.7 Å². The minimum Gasteiger partial charge on any atom is -0.357 e. The zero-order valence-electron chi connectivity index (χ0n) is 15.4. The fourth-order valence-corrected chi connectivity index (χ4v) is 2.91. The van der Waals surface area contributed by atoms with Crippen LogP contribution in [0.15, 0.2) is 49.1 Å². The van der Waals surface area contributed by atoms with Gasteiger partial charge in [-0.1, -0.05) is 6.07 Å². The van der Waals surface area contributed by atoms with Gasteiger partial charge in [-0.25, -0.2) is 4.98 Å². The van der Waals surface area contributed by atoms with E-state index in [4.69, 9.17) is 0 Å². The maximum atomic E-state index is 12.6. The molecule has 26 heavy (non-hydrogen) atoms. The second kappa shape index (κ2) is 7.86. The highest BCUT2D eigenvalue weighted by Gasteiger charge is 2.17. The van der Waals surface area contributed by atoms with E-state index >= 15 is 0 Å². The van der Waals surface area contributed by atoms with Gasteiger partial charge in [0, 0.05) is 45.3 Å². The van der Waals surface area contributed by atoms with Gasteiger partial charge >= 0.3 is 0 Å². The van der Waals surface area contributed by atoms with E-state index in [-0.39, 0.29) is 5.91 Å². The molecule has 1 amide bonds. The molecule has 7 nitrogen and oxygen atoms in total. The van der Waals surface area contributed by atoms with Crippen molar-refractivity contribution in [3.63, 3.8) is 0 Å². The number of aryl methyl sites for hydroxylation is 1. The van der Waals surface area contributed by atoms with Crippen molar-refractivity contribution in [2.24, 2.45) is 7.05 Å². The zero-order valence-corrected chi connectivity index (χ0v) is 15.4. The summed E-state index contributed by atoms with van der Waals surface area (Å²) in [6.45, 7) is 6.47. The molecule has 0 aromatic carbocycles. The van der Waals surface area contributed by atoms with E-state index in [1.165, 1.54) is 0 Å². The Balaban J connectivity index is 1.68. The first-order chi connectivity index (χ1) is 12.6. The number of nitrogens with zero attached hydrogens (tertiary/aromatic N) is 5. The lowest BCUT2D eigenvalue weighted by molar-refractivity contribution is 0.0951. The van der Waals surface area contributed by atoms with Gasteiger partial charge in [0.15, 0.2) is 0 Å². The molecular formula is C19H24N6O. The summed E-state index contributed by atoms with van der Waals surface area (Å²) >= 11 is 0. The van der Waals surface area contributed by atoms with Gasteiger partial charge in [0.2, 0.25) is 0 Å². The Hall–Kier alpha value is -3.09. The third-order valence-corrected chi connectivity index (χ3v) is 4.35. The summed E-state index contributed by atoms with van der Waals surface area (Å²) in [6, 6.07) is 7.82. The average Bonchev–Trinajstić information content (AvgIpc) is 3.31. The van der Waals surface area contributed by atoms with Crippen molar-refractivity contribution in [3.8, 4) is 5.82 Å². The highest BCUT2D eigenvalue weighted by Crippen LogP contribution is 2.14. The molecule has 0 atom stereocenters. The fourth-order valence-electron chi connectivity index (χ4n) is 2.91. The fraction of sp³-hybridized carbons (Fsp3) is 0.316. The molecule has 0 saturated heterocycles. The number of nitrogens with one attached hydrogen (secondary N) is 1. The molecule has 0 fully saturated rings. The number of anilines is 1. The Kier molecular flexibility index (Phi) is 5.36. The molecule has 0 aliphatic heterocycles. The average molecular weight is 352 g/mol. The number of hydrogen-bond donors (Lipinski definition) is 1. The van der Waals surface area contributed by atoms with Gasteiger partial charge in [0.25, 0.3) is 5.91 Å². The van der Waals surface area contributed by atoms with Crippen LogP contribution >= 0.6 is 0 Å². The number of amides is 1. The topological polar surface area (TPSA) is 68.0 Å². The van der Waals surface area contributed by atoms with Crippen molar-refractivity contribution in [2.45, 2.75) is 20.4 Å². The highest BCUT2D eigenvalue weighted by atomic mass is 16.1. The van der Waals surface area contributed by atoms with Gasteiger partial charge in [-0.2, -0.15) is 5.10 Å². The smallest absolute Gasteiger partial charge is 0.256 e. The third kappa shape index (κ3) is 3.61. The first-order valence-corrected chi connectivity index (χ1v) is 8.77. The SMILES string of the molecule is CCN(CC)c1ccc(CNC(=O)c2cnn(C)c2-n2cccc2)cn1. The summed E-state index contributed by atoms with van der Waals surface area (Å²) in [5.41, 5.74) is 1.50. The molecule has 0 aliphatic rings. The number of rotatable bonds is 7. The van der Waals surface area contributed by atoms with Crippen molar-refractivity contribution in [1.82, 2.24) is 24.6 Å². The molecule has 0 radical (unpaired) electrons. The Morgan fingerprint density at radius 3 is 2.50 bits per heavy atom. The van der Waals surface area contributed by atoms with E-state index in [0.29, 0.717) is 12.1 Å². The van der Waals surface area contributed by atoms with Gasteiger partial charge in [0.1, 0.15) is 17.2 Å². The summed E-state index contributed by atoms with van der Waals surface area (Å²) in [7, 11) is 1.82. The van der Waals surface area contributed by atoms with Crippen molar-refractivity contribution in [3.05, 3.63) is 60.2 Å². The summed E-state index contributed by atoms with van der Waals surface area (Å²) in [4.78, 5) is 19.3. The Labute approximate surface area is 153 Å². The minimum absolute atomic E-state index is 0.158. The first kappa shape index (κ1) is 17.7. The first-order valence-electron chi connectivity index (χ1n) is 8.77. The van der Waals surface area contributed by atoms with Gasteiger partial charge in [-0.05, 0) is 37.6 Å².